The van der Waals surface area contributed by atoms with Gasteiger partial charge in [0.05, 0.1) is 30.6 Å². The number of halogens is 1. The summed E-state index contributed by atoms with van der Waals surface area (Å²) < 4.78 is 20.9. The zero-order valence-electron chi connectivity index (χ0n) is 17.0. The average Bonchev–Trinajstić information content (AvgIpc) is 3.24. The van der Waals surface area contributed by atoms with E-state index in [1.165, 1.54) is 12.1 Å². The summed E-state index contributed by atoms with van der Waals surface area (Å²) in [6.07, 6.45) is 3.48. The van der Waals surface area contributed by atoms with E-state index in [2.05, 4.69) is 10.3 Å². The Labute approximate surface area is 179 Å². The van der Waals surface area contributed by atoms with E-state index in [1.807, 2.05) is 47.1 Å². The summed E-state index contributed by atoms with van der Waals surface area (Å²) in [6, 6.07) is 19.4. The molecule has 0 unspecified atom stereocenters. The molecule has 0 aliphatic heterocycles. The average molecular weight is 416 g/mol. The van der Waals surface area contributed by atoms with Gasteiger partial charge in [0.2, 0.25) is 0 Å². The van der Waals surface area contributed by atoms with Crippen molar-refractivity contribution in [1.82, 2.24) is 20.1 Å². The normalized spacial score (nSPS) is 10.6. The summed E-state index contributed by atoms with van der Waals surface area (Å²) in [7, 11) is 1.62. The van der Waals surface area contributed by atoms with Crippen LogP contribution in [0.5, 0.6) is 5.75 Å². The zero-order chi connectivity index (χ0) is 21.6. The van der Waals surface area contributed by atoms with Gasteiger partial charge in [-0.25, -0.2) is 4.39 Å². The molecular weight excluding hydrogens is 395 g/mol. The minimum absolute atomic E-state index is 0.0226. The molecule has 0 saturated carbocycles. The molecule has 1 N–H and O–H groups in total. The number of carbonyl (C=O) groups is 1. The van der Waals surface area contributed by atoms with E-state index in [0.717, 1.165) is 28.3 Å². The molecular formula is C24H21FN4O2. The Morgan fingerprint density at radius 3 is 2.58 bits per heavy atom. The fourth-order valence-corrected chi connectivity index (χ4v) is 3.25. The molecule has 1 amide bonds. The maximum absolute atomic E-state index is 13.8. The van der Waals surface area contributed by atoms with Crippen molar-refractivity contribution >= 4 is 5.91 Å². The van der Waals surface area contributed by atoms with E-state index in [1.54, 1.807) is 31.6 Å². The molecule has 2 heterocycles. The number of aromatic nitrogens is 3. The first-order chi connectivity index (χ1) is 15.2. The molecule has 0 spiro atoms. The number of methoxy groups -OCH3 is 1. The highest BCUT2D eigenvalue weighted by molar-refractivity contribution is 5.94. The van der Waals surface area contributed by atoms with Crippen molar-refractivity contribution in [2.45, 2.75) is 6.54 Å². The minimum atomic E-state index is -0.545. The van der Waals surface area contributed by atoms with Gasteiger partial charge in [-0.2, -0.15) is 5.10 Å². The van der Waals surface area contributed by atoms with Gasteiger partial charge in [0, 0.05) is 30.1 Å². The lowest BCUT2D eigenvalue weighted by Gasteiger charge is -2.09. The maximum Gasteiger partial charge on any atom is 0.254 e. The van der Waals surface area contributed by atoms with Crippen LogP contribution in [0.1, 0.15) is 10.4 Å². The zero-order valence-corrected chi connectivity index (χ0v) is 17.0. The van der Waals surface area contributed by atoms with Crippen LogP contribution >= 0.6 is 0 Å². The van der Waals surface area contributed by atoms with Crippen LogP contribution in [0.2, 0.25) is 0 Å². The van der Waals surface area contributed by atoms with Gasteiger partial charge >= 0.3 is 0 Å². The molecule has 6 nitrogen and oxygen atoms in total. The summed E-state index contributed by atoms with van der Waals surface area (Å²) in [6.45, 7) is 0.713. The van der Waals surface area contributed by atoms with Crippen LogP contribution in [0.25, 0.3) is 22.5 Å². The Hall–Kier alpha value is -4.00. The van der Waals surface area contributed by atoms with Crippen LogP contribution in [0.3, 0.4) is 0 Å². The van der Waals surface area contributed by atoms with E-state index in [4.69, 9.17) is 9.84 Å². The Morgan fingerprint density at radius 1 is 1.06 bits per heavy atom. The maximum atomic E-state index is 13.8. The van der Waals surface area contributed by atoms with Crippen LogP contribution in [0.4, 0.5) is 4.39 Å². The number of carbonyl (C=O) groups excluding carboxylic acids is 1. The van der Waals surface area contributed by atoms with Gasteiger partial charge in [-0.1, -0.05) is 12.1 Å². The van der Waals surface area contributed by atoms with E-state index in [-0.39, 0.29) is 5.56 Å². The number of pyridine rings is 1. The SMILES string of the molecule is COc1ccc(-c2cc(-c3cccnc3)n(CCNC(=O)c3ccccc3F)n2)cc1. The quantitative estimate of drug-likeness (QED) is 0.491. The number of amides is 1. The molecule has 2 aromatic carbocycles. The van der Waals surface area contributed by atoms with Crippen molar-refractivity contribution in [1.29, 1.82) is 0 Å². The van der Waals surface area contributed by atoms with Crippen LogP contribution in [0, 0.1) is 5.82 Å². The first-order valence-electron chi connectivity index (χ1n) is 9.81. The molecule has 0 aliphatic carbocycles. The van der Waals surface area contributed by atoms with Crippen molar-refractivity contribution in [2.75, 3.05) is 13.7 Å². The fraction of sp³-hybridized carbons (Fsp3) is 0.125. The first kappa shape index (κ1) is 20.3. The highest BCUT2D eigenvalue weighted by Gasteiger charge is 2.14. The molecule has 0 fully saturated rings. The largest absolute Gasteiger partial charge is 0.497 e. The van der Waals surface area contributed by atoms with Crippen molar-refractivity contribution in [3.05, 3.63) is 90.5 Å². The number of benzene rings is 2. The number of nitrogens with one attached hydrogen (secondary N) is 1. The molecule has 4 aromatic rings. The Balaban J connectivity index is 1.56. The standard InChI is InChI=1S/C24H21FN4O2/c1-31-19-10-8-17(9-11-19)22-15-23(18-5-4-12-26-16-18)29(28-22)14-13-27-24(30)20-6-2-3-7-21(20)25/h2-12,15-16H,13-14H2,1H3,(H,27,30). The molecule has 0 aliphatic rings. The van der Waals surface area contributed by atoms with Crippen LogP contribution in [-0.4, -0.2) is 34.3 Å². The Bertz CT molecular complexity index is 1170. The number of hydrogen-bond donors (Lipinski definition) is 1. The van der Waals surface area contributed by atoms with Crippen molar-refractivity contribution in [2.24, 2.45) is 0 Å². The van der Waals surface area contributed by atoms with Gasteiger partial charge in [-0.3, -0.25) is 14.5 Å². The number of nitrogens with zero attached hydrogens (tertiary/aromatic N) is 3. The highest BCUT2D eigenvalue weighted by atomic mass is 19.1. The monoisotopic (exact) mass is 416 g/mol. The number of hydrogen-bond acceptors (Lipinski definition) is 4. The summed E-state index contributed by atoms with van der Waals surface area (Å²) in [5.41, 5.74) is 3.55. The smallest absolute Gasteiger partial charge is 0.254 e. The lowest BCUT2D eigenvalue weighted by Crippen LogP contribution is -2.28. The molecule has 4 rings (SSSR count). The first-order valence-corrected chi connectivity index (χ1v) is 9.81. The predicted octanol–water partition coefficient (Wildman–Crippen LogP) is 4.19. The van der Waals surface area contributed by atoms with E-state index >= 15 is 0 Å². The van der Waals surface area contributed by atoms with Gasteiger partial charge in [0.25, 0.3) is 5.91 Å². The minimum Gasteiger partial charge on any atom is -0.497 e. The molecule has 2 aromatic heterocycles. The molecule has 0 radical (unpaired) electrons. The molecule has 7 heteroatoms. The van der Waals surface area contributed by atoms with Gasteiger partial charge in [-0.05, 0) is 54.6 Å². The predicted molar refractivity (Wildman–Crippen MR) is 116 cm³/mol. The van der Waals surface area contributed by atoms with Gasteiger partial charge in [-0.15, -0.1) is 0 Å². The second-order valence-corrected chi connectivity index (χ2v) is 6.84. The van der Waals surface area contributed by atoms with Crippen molar-refractivity contribution < 1.29 is 13.9 Å². The van der Waals surface area contributed by atoms with Crippen molar-refractivity contribution in [3.8, 4) is 28.3 Å². The second kappa shape index (κ2) is 9.21. The lowest BCUT2D eigenvalue weighted by atomic mass is 10.1. The van der Waals surface area contributed by atoms with Gasteiger partial charge < -0.3 is 10.1 Å². The van der Waals surface area contributed by atoms with Crippen LogP contribution in [-0.2, 0) is 6.54 Å². The third-order valence-electron chi connectivity index (χ3n) is 4.85. The van der Waals surface area contributed by atoms with E-state index in [9.17, 15) is 9.18 Å². The van der Waals surface area contributed by atoms with Gasteiger partial charge in [0.1, 0.15) is 11.6 Å². The summed E-state index contributed by atoms with van der Waals surface area (Å²) in [4.78, 5) is 16.5. The molecule has 0 bridgehead atoms. The highest BCUT2D eigenvalue weighted by Crippen LogP contribution is 2.27. The van der Waals surface area contributed by atoms with E-state index in [0.29, 0.717) is 13.1 Å². The van der Waals surface area contributed by atoms with E-state index < -0.39 is 11.7 Å². The summed E-state index contributed by atoms with van der Waals surface area (Å²) in [5.74, 6) is -0.230. The lowest BCUT2D eigenvalue weighted by molar-refractivity contribution is 0.0948. The molecule has 0 saturated heterocycles. The second-order valence-electron chi connectivity index (χ2n) is 6.84. The third kappa shape index (κ3) is 4.61. The van der Waals surface area contributed by atoms with Crippen LogP contribution in [0.15, 0.2) is 79.1 Å². The molecule has 156 valence electrons. The molecule has 0 atom stereocenters. The van der Waals surface area contributed by atoms with Gasteiger partial charge in [0.15, 0.2) is 0 Å². The number of ether oxygens (including phenoxy) is 1. The fourth-order valence-electron chi connectivity index (χ4n) is 3.25. The van der Waals surface area contributed by atoms with Crippen LogP contribution < -0.4 is 10.1 Å². The Kier molecular flexibility index (Phi) is 6.03. The third-order valence-corrected chi connectivity index (χ3v) is 4.85. The van der Waals surface area contributed by atoms with Crippen molar-refractivity contribution in [3.63, 3.8) is 0 Å². The summed E-state index contributed by atoms with van der Waals surface area (Å²) >= 11 is 0. The number of rotatable bonds is 7. The summed E-state index contributed by atoms with van der Waals surface area (Å²) in [5, 5.41) is 7.48. The molecule has 31 heavy (non-hydrogen) atoms. The Morgan fingerprint density at radius 2 is 1.87 bits per heavy atom. The topological polar surface area (TPSA) is 69.0 Å².